The van der Waals surface area contributed by atoms with Gasteiger partial charge in [0.1, 0.15) is 12.1 Å². The summed E-state index contributed by atoms with van der Waals surface area (Å²) < 4.78 is 0. The molecule has 0 aromatic rings. The van der Waals surface area contributed by atoms with Crippen molar-refractivity contribution in [2.75, 3.05) is 13.1 Å². The van der Waals surface area contributed by atoms with Crippen LogP contribution in [0.25, 0.3) is 0 Å². The van der Waals surface area contributed by atoms with Crippen molar-refractivity contribution in [3.05, 3.63) is 0 Å². The Balaban J connectivity index is 1.75. The van der Waals surface area contributed by atoms with E-state index >= 15 is 0 Å². The third kappa shape index (κ3) is 5.24. The molecule has 2 heterocycles. The second kappa shape index (κ2) is 8.72. The average Bonchev–Trinajstić information content (AvgIpc) is 2.86. The molecule has 1 aliphatic carbocycles. The third-order valence-electron chi connectivity index (χ3n) is 7.35. The zero-order chi connectivity index (χ0) is 23.0. The first-order valence-electron chi connectivity index (χ1n) is 12.1. The van der Waals surface area contributed by atoms with Crippen LogP contribution in [0.15, 0.2) is 0 Å². The van der Waals surface area contributed by atoms with E-state index in [1.807, 2.05) is 4.90 Å². The van der Waals surface area contributed by atoms with E-state index in [4.69, 9.17) is 0 Å². The van der Waals surface area contributed by atoms with Crippen LogP contribution in [-0.4, -0.2) is 63.4 Å². The van der Waals surface area contributed by atoms with Crippen LogP contribution >= 0.6 is 0 Å². The van der Waals surface area contributed by atoms with Crippen molar-refractivity contribution in [3.63, 3.8) is 0 Å². The topological polar surface area (TPSA) is 81.8 Å². The standard InChI is InChI=1S/C24H42N4O3/c1-7-8-13-27(18-14-22(3,4)26-23(5,6)15-18)19(29)16-28-20(30)24(25-21(28)31)11-9-17(2)10-12-24/h17-18,26H,7-16H2,1-6H3,(H,25,31). The summed E-state index contributed by atoms with van der Waals surface area (Å²) in [7, 11) is 0. The predicted molar refractivity (Wildman–Crippen MR) is 122 cm³/mol. The summed E-state index contributed by atoms with van der Waals surface area (Å²) in [6.45, 7) is 13.5. The maximum absolute atomic E-state index is 13.5. The monoisotopic (exact) mass is 434 g/mol. The molecule has 0 radical (unpaired) electrons. The maximum atomic E-state index is 13.5. The summed E-state index contributed by atoms with van der Waals surface area (Å²) in [5, 5.41) is 6.61. The summed E-state index contributed by atoms with van der Waals surface area (Å²) in [4.78, 5) is 42.5. The minimum Gasteiger partial charge on any atom is -0.338 e. The van der Waals surface area contributed by atoms with Gasteiger partial charge in [-0.15, -0.1) is 0 Å². The van der Waals surface area contributed by atoms with Gasteiger partial charge in [-0.25, -0.2) is 4.79 Å². The highest BCUT2D eigenvalue weighted by Gasteiger charge is 2.53. The Morgan fingerprint density at radius 2 is 1.68 bits per heavy atom. The Kier molecular flexibility index (Phi) is 6.76. The number of nitrogens with zero attached hydrogens (tertiary/aromatic N) is 2. The van der Waals surface area contributed by atoms with Gasteiger partial charge in [0, 0.05) is 23.7 Å². The van der Waals surface area contributed by atoms with Crippen LogP contribution in [0.3, 0.4) is 0 Å². The molecule has 7 heteroatoms. The van der Waals surface area contributed by atoms with E-state index in [-0.39, 0.29) is 35.5 Å². The van der Waals surface area contributed by atoms with Gasteiger partial charge in [-0.2, -0.15) is 0 Å². The molecule has 2 N–H and O–H groups in total. The molecular weight excluding hydrogens is 392 g/mol. The van der Waals surface area contributed by atoms with E-state index in [0.29, 0.717) is 25.3 Å². The van der Waals surface area contributed by atoms with Crippen molar-refractivity contribution < 1.29 is 14.4 Å². The highest BCUT2D eigenvalue weighted by Crippen LogP contribution is 2.37. The van der Waals surface area contributed by atoms with Crippen LogP contribution < -0.4 is 10.6 Å². The number of nitrogens with one attached hydrogen (secondary N) is 2. The van der Waals surface area contributed by atoms with Crippen LogP contribution in [0.5, 0.6) is 0 Å². The molecule has 4 amide bonds. The van der Waals surface area contributed by atoms with Gasteiger partial charge in [0.05, 0.1) is 0 Å². The van der Waals surface area contributed by atoms with Crippen LogP contribution in [-0.2, 0) is 9.59 Å². The first kappa shape index (κ1) is 24.0. The fraction of sp³-hybridized carbons (Fsp3) is 0.875. The van der Waals surface area contributed by atoms with Crippen molar-refractivity contribution in [3.8, 4) is 0 Å². The number of carbonyl (C=O) groups is 3. The number of imide groups is 1. The summed E-state index contributed by atoms with van der Waals surface area (Å²) in [6, 6.07) is -0.315. The van der Waals surface area contributed by atoms with Crippen LogP contribution in [0.4, 0.5) is 4.79 Å². The Morgan fingerprint density at radius 3 is 2.23 bits per heavy atom. The second-order valence-corrected chi connectivity index (χ2v) is 11.5. The van der Waals surface area contributed by atoms with Crippen LogP contribution in [0.2, 0.25) is 0 Å². The van der Waals surface area contributed by atoms with Gasteiger partial charge in [0.25, 0.3) is 5.91 Å². The van der Waals surface area contributed by atoms with Crippen molar-refractivity contribution >= 4 is 17.8 Å². The highest BCUT2D eigenvalue weighted by atomic mass is 16.2. The Bertz CT molecular complexity index is 694. The molecule has 0 atom stereocenters. The molecule has 7 nitrogen and oxygen atoms in total. The highest BCUT2D eigenvalue weighted by molar-refractivity contribution is 6.09. The molecule has 0 aromatic heterocycles. The van der Waals surface area contributed by atoms with Crippen molar-refractivity contribution in [1.82, 2.24) is 20.4 Å². The largest absolute Gasteiger partial charge is 0.338 e. The molecule has 2 saturated heterocycles. The maximum Gasteiger partial charge on any atom is 0.325 e. The number of piperidine rings is 1. The Hall–Kier alpha value is -1.63. The molecule has 0 aromatic carbocycles. The van der Waals surface area contributed by atoms with Gasteiger partial charge in [-0.1, -0.05) is 20.3 Å². The number of rotatable bonds is 6. The molecular formula is C24H42N4O3. The fourth-order valence-corrected chi connectivity index (χ4v) is 5.97. The molecule has 1 spiro atoms. The fourth-order valence-electron chi connectivity index (χ4n) is 5.97. The lowest BCUT2D eigenvalue weighted by atomic mass is 9.77. The number of hydrogen-bond acceptors (Lipinski definition) is 4. The SMILES string of the molecule is CCCCN(C(=O)CN1C(=O)NC2(CCC(C)CC2)C1=O)C1CC(C)(C)NC(C)(C)C1. The van der Waals surface area contributed by atoms with E-state index in [0.717, 1.165) is 38.5 Å². The van der Waals surface area contributed by atoms with E-state index in [1.165, 1.54) is 4.90 Å². The van der Waals surface area contributed by atoms with E-state index in [1.54, 1.807) is 0 Å². The lowest BCUT2D eigenvalue weighted by Crippen LogP contribution is -2.63. The predicted octanol–water partition coefficient (Wildman–Crippen LogP) is 3.43. The number of unbranched alkanes of at least 4 members (excludes halogenated alkanes) is 1. The quantitative estimate of drug-likeness (QED) is 0.628. The molecule has 0 bridgehead atoms. The zero-order valence-electron chi connectivity index (χ0n) is 20.3. The number of carbonyl (C=O) groups excluding carboxylic acids is 3. The zero-order valence-corrected chi connectivity index (χ0v) is 20.3. The molecule has 31 heavy (non-hydrogen) atoms. The van der Waals surface area contributed by atoms with Gasteiger partial charge >= 0.3 is 6.03 Å². The van der Waals surface area contributed by atoms with E-state index < -0.39 is 11.6 Å². The van der Waals surface area contributed by atoms with Crippen molar-refractivity contribution in [2.45, 2.75) is 116 Å². The summed E-state index contributed by atoms with van der Waals surface area (Å²) in [5.74, 6) is 0.248. The lowest BCUT2D eigenvalue weighted by molar-refractivity contribution is -0.142. The molecule has 0 unspecified atom stereocenters. The first-order chi connectivity index (χ1) is 14.4. The van der Waals surface area contributed by atoms with Crippen LogP contribution in [0, 0.1) is 5.92 Å². The lowest BCUT2D eigenvalue weighted by Gasteiger charge is -2.49. The molecule has 3 aliphatic rings. The van der Waals surface area contributed by atoms with Gasteiger partial charge in [0.2, 0.25) is 5.91 Å². The van der Waals surface area contributed by atoms with E-state index in [9.17, 15) is 14.4 Å². The third-order valence-corrected chi connectivity index (χ3v) is 7.35. The van der Waals surface area contributed by atoms with Crippen LogP contribution in [0.1, 0.15) is 92.9 Å². The molecule has 2 aliphatic heterocycles. The average molecular weight is 435 g/mol. The number of hydrogen-bond donors (Lipinski definition) is 2. The molecule has 176 valence electrons. The minimum atomic E-state index is -0.795. The van der Waals surface area contributed by atoms with Crippen molar-refractivity contribution in [1.29, 1.82) is 0 Å². The molecule has 1 saturated carbocycles. The molecule has 3 fully saturated rings. The minimum absolute atomic E-state index is 0.0825. The Labute approximate surface area is 187 Å². The normalized spacial score (nSPS) is 25.7. The summed E-state index contributed by atoms with van der Waals surface area (Å²) >= 11 is 0. The van der Waals surface area contributed by atoms with Crippen molar-refractivity contribution in [2.24, 2.45) is 5.92 Å². The first-order valence-corrected chi connectivity index (χ1v) is 12.1. The smallest absolute Gasteiger partial charge is 0.325 e. The Morgan fingerprint density at radius 1 is 1.10 bits per heavy atom. The van der Waals surface area contributed by atoms with Gasteiger partial charge in [0.15, 0.2) is 0 Å². The van der Waals surface area contributed by atoms with Gasteiger partial charge in [-0.3, -0.25) is 14.5 Å². The number of urea groups is 1. The number of amides is 4. The second-order valence-electron chi connectivity index (χ2n) is 11.5. The summed E-state index contributed by atoms with van der Waals surface area (Å²) in [5.41, 5.74) is -0.960. The molecule has 3 rings (SSSR count). The van der Waals surface area contributed by atoms with Gasteiger partial charge in [-0.05, 0) is 78.6 Å². The van der Waals surface area contributed by atoms with Gasteiger partial charge < -0.3 is 15.5 Å². The summed E-state index contributed by atoms with van der Waals surface area (Å²) in [6.07, 6.45) is 6.80. The van der Waals surface area contributed by atoms with E-state index in [2.05, 4.69) is 52.2 Å².